The highest BCUT2D eigenvalue weighted by Gasteiger charge is 2.20. The van der Waals surface area contributed by atoms with Gasteiger partial charge in [0.1, 0.15) is 0 Å². The summed E-state index contributed by atoms with van der Waals surface area (Å²) in [6, 6.07) is 7.06. The summed E-state index contributed by atoms with van der Waals surface area (Å²) in [5.41, 5.74) is -0.0124. The third-order valence-corrected chi connectivity index (χ3v) is 4.56. The largest absolute Gasteiger partial charge is 0.347 e. The standard InChI is InChI=1S/C18H24N4O2/c1-12-6-5-9-22(10-12)11-13(2)19-18(24)16-14-7-3-4-8-15(14)17(23)21-20-16/h3-4,7-8,12-13H,5-6,9-11H2,1-2H3,(H,19,24)(H,21,23). The Hall–Kier alpha value is -2.21. The van der Waals surface area contributed by atoms with Crippen LogP contribution in [-0.4, -0.2) is 46.7 Å². The third-order valence-electron chi connectivity index (χ3n) is 4.56. The summed E-state index contributed by atoms with van der Waals surface area (Å²) < 4.78 is 0. The van der Waals surface area contributed by atoms with Crippen LogP contribution in [0.2, 0.25) is 0 Å². The predicted molar refractivity (Wildman–Crippen MR) is 94.1 cm³/mol. The fourth-order valence-corrected chi connectivity index (χ4v) is 3.47. The highest BCUT2D eigenvalue weighted by Crippen LogP contribution is 2.16. The molecule has 2 N–H and O–H groups in total. The minimum Gasteiger partial charge on any atom is -0.347 e. The SMILES string of the molecule is CC1CCCN(CC(C)NC(=O)c2n[nH]c(=O)c3ccccc23)C1. The highest BCUT2D eigenvalue weighted by atomic mass is 16.2. The molecule has 1 saturated heterocycles. The van der Waals surface area contributed by atoms with Crippen molar-refractivity contribution in [3.05, 3.63) is 40.3 Å². The van der Waals surface area contributed by atoms with Gasteiger partial charge in [-0.05, 0) is 38.3 Å². The van der Waals surface area contributed by atoms with Gasteiger partial charge in [0.25, 0.3) is 11.5 Å². The van der Waals surface area contributed by atoms with Crippen molar-refractivity contribution in [3.8, 4) is 0 Å². The molecule has 2 unspecified atom stereocenters. The zero-order valence-electron chi connectivity index (χ0n) is 14.2. The normalized spacial score (nSPS) is 20.0. The molecule has 3 rings (SSSR count). The van der Waals surface area contributed by atoms with Crippen molar-refractivity contribution in [3.63, 3.8) is 0 Å². The number of H-pyrrole nitrogens is 1. The number of hydrogen-bond acceptors (Lipinski definition) is 4. The number of hydrogen-bond donors (Lipinski definition) is 2. The number of carbonyl (C=O) groups excluding carboxylic acids is 1. The Labute approximate surface area is 141 Å². The van der Waals surface area contributed by atoms with Crippen molar-refractivity contribution in [1.82, 2.24) is 20.4 Å². The van der Waals surface area contributed by atoms with Crippen LogP contribution in [0.25, 0.3) is 10.8 Å². The number of aromatic amines is 1. The Balaban J connectivity index is 1.71. The summed E-state index contributed by atoms with van der Waals surface area (Å²) in [6.45, 7) is 7.28. The fourth-order valence-electron chi connectivity index (χ4n) is 3.47. The maximum absolute atomic E-state index is 12.6. The Morgan fingerprint density at radius 1 is 1.42 bits per heavy atom. The topological polar surface area (TPSA) is 78.1 Å². The predicted octanol–water partition coefficient (Wildman–Crippen LogP) is 1.77. The van der Waals surface area contributed by atoms with Gasteiger partial charge >= 0.3 is 0 Å². The van der Waals surface area contributed by atoms with E-state index in [-0.39, 0.29) is 23.2 Å². The number of aromatic nitrogens is 2. The number of carbonyl (C=O) groups is 1. The van der Waals surface area contributed by atoms with E-state index in [0.717, 1.165) is 19.6 Å². The number of rotatable bonds is 4. The van der Waals surface area contributed by atoms with Crippen LogP contribution in [0.1, 0.15) is 37.2 Å². The first-order valence-corrected chi connectivity index (χ1v) is 8.55. The van der Waals surface area contributed by atoms with Crippen LogP contribution in [0, 0.1) is 5.92 Å². The van der Waals surface area contributed by atoms with Gasteiger partial charge in [-0.3, -0.25) is 9.59 Å². The lowest BCUT2D eigenvalue weighted by atomic mass is 10.00. The van der Waals surface area contributed by atoms with Gasteiger partial charge in [0.15, 0.2) is 5.69 Å². The van der Waals surface area contributed by atoms with E-state index in [2.05, 4.69) is 27.3 Å². The number of nitrogens with one attached hydrogen (secondary N) is 2. The van der Waals surface area contributed by atoms with Crippen molar-refractivity contribution >= 4 is 16.7 Å². The molecule has 1 aromatic heterocycles. The van der Waals surface area contributed by atoms with Crippen LogP contribution in [0.15, 0.2) is 29.1 Å². The van der Waals surface area contributed by atoms with Gasteiger partial charge in [-0.15, -0.1) is 0 Å². The minimum absolute atomic E-state index is 0.0234. The number of piperidine rings is 1. The number of likely N-dealkylation sites (tertiary alicyclic amines) is 1. The maximum Gasteiger partial charge on any atom is 0.272 e. The fraction of sp³-hybridized carbons (Fsp3) is 0.500. The zero-order valence-corrected chi connectivity index (χ0v) is 14.2. The molecule has 128 valence electrons. The van der Waals surface area contributed by atoms with E-state index in [1.54, 1.807) is 24.3 Å². The van der Waals surface area contributed by atoms with Crippen molar-refractivity contribution in [2.75, 3.05) is 19.6 Å². The van der Waals surface area contributed by atoms with E-state index < -0.39 is 0 Å². The highest BCUT2D eigenvalue weighted by molar-refractivity contribution is 6.04. The molecule has 2 atom stereocenters. The third kappa shape index (κ3) is 3.64. The van der Waals surface area contributed by atoms with E-state index >= 15 is 0 Å². The lowest BCUT2D eigenvalue weighted by molar-refractivity contribution is 0.0916. The van der Waals surface area contributed by atoms with Gasteiger partial charge in [-0.25, -0.2) is 5.10 Å². The Bertz CT molecular complexity index is 786. The lowest BCUT2D eigenvalue weighted by Crippen LogP contribution is -2.45. The van der Waals surface area contributed by atoms with E-state index in [1.165, 1.54) is 12.8 Å². The van der Waals surface area contributed by atoms with E-state index in [0.29, 0.717) is 16.7 Å². The van der Waals surface area contributed by atoms with Gasteiger partial charge < -0.3 is 10.2 Å². The smallest absolute Gasteiger partial charge is 0.272 e. The van der Waals surface area contributed by atoms with Gasteiger partial charge in [0.2, 0.25) is 0 Å². The molecule has 1 fully saturated rings. The second-order valence-corrected chi connectivity index (χ2v) is 6.83. The molecule has 6 nitrogen and oxygen atoms in total. The average Bonchev–Trinajstić information content (AvgIpc) is 2.55. The van der Waals surface area contributed by atoms with Crippen LogP contribution >= 0.6 is 0 Å². The van der Waals surface area contributed by atoms with Gasteiger partial charge in [0.05, 0.1) is 5.39 Å². The summed E-state index contributed by atoms with van der Waals surface area (Å²) >= 11 is 0. The molecule has 2 aromatic rings. The molecule has 1 aliphatic rings. The first kappa shape index (κ1) is 16.6. The van der Waals surface area contributed by atoms with Crippen LogP contribution in [0.4, 0.5) is 0 Å². The number of nitrogens with zero attached hydrogens (tertiary/aromatic N) is 2. The molecule has 24 heavy (non-hydrogen) atoms. The van der Waals surface area contributed by atoms with Crippen molar-refractivity contribution in [1.29, 1.82) is 0 Å². The molecular weight excluding hydrogens is 304 g/mol. The number of benzene rings is 1. The first-order valence-electron chi connectivity index (χ1n) is 8.55. The second kappa shape index (κ2) is 7.13. The van der Waals surface area contributed by atoms with Crippen LogP contribution in [0.3, 0.4) is 0 Å². The molecule has 2 heterocycles. The van der Waals surface area contributed by atoms with E-state index in [4.69, 9.17) is 0 Å². The molecule has 0 spiro atoms. The van der Waals surface area contributed by atoms with Crippen LogP contribution in [-0.2, 0) is 0 Å². The molecule has 1 aliphatic heterocycles. The summed E-state index contributed by atoms with van der Waals surface area (Å²) in [5.74, 6) is 0.464. The maximum atomic E-state index is 12.6. The Morgan fingerprint density at radius 2 is 2.17 bits per heavy atom. The summed E-state index contributed by atoms with van der Waals surface area (Å²) in [5, 5.41) is 10.4. The second-order valence-electron chi connectivity index (χ2n) is 6.83. The molecule has 0 aliphatic carbocycles. The lowest BCUT2D eigenvalue weighted by Gasteiger charge is -2.32. The van der Waals surface area contributed by atoms with Gasteiger partial charge in [-0.2, -0.15) is 5.10 Å². The van der Waals surface area contributed by atoms with Crippen molar-refractivity contribution in [2.24, 2.45) is 5.92 Å². The quantitative estimate of drug-likeness (QED) is 0.897. The van der Waals surface area contributed by atoms with Crippen LogP contribution < -0.4 is 10.9 Å². The Morgan fingerprint density at radius 3 is 2.92 bits per heavy atom. The minimum atomic E-state index is -0.280. The number of fused-ring (bicyclic) bond motifs is 1. The molecule has 0 radical (unpaired) electrons. The summed E-state index contributed by atoms with van der Waals surface area (Å²) in [6.07, 6.45) is 2.50. The molecular formula is C18H24N4O2. The monoisotopic (exact) mass is 328 g/mol. The van der Waals surface area contributed by atoms with E-state index in [1.807, 2.05) is 6.92 Å². The molecule has 1 amide bonds. The van der Waals surface area contributed by atoms with E-state index in [9.17, 15) is 9.59 Å². The first-order chi connectivity index (χ1) is 11.5. The van der Waals surface area contributed by atoms with Gasteiger partial charge in [-0.1, -0.05) is 25.1 Å². The van der Waals surface area contributed by atoms with Gasteiger partial charge in [0, 0.05) is 24.5 Å². The Kier molecular flexibility index (Phi) is 4.94. The average molecular weight is 328 g/mol. The molecule has 0 bridgehead atoms. The summed E-state index contributed by atoms with van der Waals surface area (Å²) in [7, 11) is 0. The molecule has 6 heteroatoms. The zero-order chi connectivity index (χ0) is 17.1. The van der Waals surface area contributed by atoms with Crippen LogP contribution in [0.5, 0.6) is 0 Å². The number of amides is 1. The molecule has 1 aromatic carbocycles. The summed E-state index contributed by atoms with van der Waals surface area (Å²) in [4.78, 5) is 26.8. The van der Waals surface area contributed by atoms with Crippen molar-refractivity contribution < 1.29 is 4.79 Å². The van der Waals surface area contributed by atoms with Crippen molar-refractivity contribution in [2.45, 2.75) is 32.7 Å². The molecule has 0 saturated carbocycles.